The van der Waals surface area contributed by atoms with Crippen molar-refractivity contribution in [2.45, 2.75) is 31.6 Å². The third-order valence-electron chi connectivity index (χ3n) is 6.30. The lowest BCUT2D eigenvalue weighted by molar-refractivity contribution is -0.138. The standard InChI is InChI=1S/C27H26F4N2O2/c1-35-25-9-5-3-7-23(25)26(34)33(21-12-10-20(28)11-13-21)22-14-16-32(17-15-22)18-19-6-2-4-8-24(19)27(29,30)31/h2-13,22H,14-18H2,1H3. The van der Waals surface area contributed by atoms with E-state index in [0.717, 1.165) is 6.07 Å². The lowest BCUT2D eigenvalue weighted by Crippen LogP contribution is -2.47. The number of likely N-dealkylation sites (tertiary alicyclic amines) is 1. The van der Waals surface area contributed by atoms with Crippen LogP contribution in [0, 0.1) is 5.82 Å². The molecule has 0 unspecified atom stereocenters. The van der Waals surface area contributed by atoms with Crippen molar-refractivity contribution in [3.05, 3.63) is 95.3 Å². The Balaban J connectivity index is 1.55. The number of carbonyl (C=O) groups is 1. The van der Waals surface area contributed by atoms with Crippen molar-refractivity contribution in [3.63, 3.8) is 0 Å². The summed E-state index contributed by atoms with van der Waals surface area (Å²) < 4.78 is 59.2. The van der Waals surface area contributed by atoms with Gasteiger partial charge in [0.25, 0.3) is 5.91 Å². The highest BCUT2D eigenvalue weighted by Crippen LogP contribution is 2.34. The first-order chi connectivity index (χ1) is 16.8. The van der Waals surface area contributed by atoms with Gasteiger partial charge in [-0.05, 0) is 60.9 Å². The van der Waals surface area contributed by atoms with Crippen LogP contribution in [-0.2, 0) is 12.7 Å². The molecule has 1 aliphatic heterocycles. The first-order valence-electron chi connectivity index (χ1n) is 11.4. The van der Waals surface area contributed by atoms with Gasteiger partial charge in [-0.1, -0.05) is 30.3 Å². The van der Waals surface area contributed by atoms with Gasteiger partial charge in [0.15, 0.2) is 0 Å². The number of para-hydroxylation sites is 1. The highest BCUT2D eigenvalue weighted by Gasteiger charge is 2.35. The maximum absolute atomic E-state index is 13.7. The molecule has 8 heteroatoms. The number of hydrogen-bond acceptors (Lipinski definition) is 3. The Kier molecular flexibility index (Phi) is 7.40. The normalized spacial score (nSPS) is 15.1. The Hall–Kier alpha value is -3.39. The summed E-state index contributed by atoms with van der Waals surface area (Å²) in [6.07, 6.45) is -3.28. The number of ether oxygens (including phenoxy) is 1. The zero-order valence-corrected chi connectivity index (χ0v) is 19.3. The average Bonchev–Trinajstić information content (AvgIpc) is 2.86. The van der Waals surface area contributed by atoms with Gasteiger partial charge >= 0.3 is 6.18 Å². The lowest BCUT2D eigenvalue weighted by Gasteiger charge is -2.39. The molecule has 3 aromatic rings. The van der Waals surface area contributed by atoms with Gasteiger partial charge < -0.3 is 9.64 Å². The molecular formula is C27H26F4N2O2. The molecule has 0 bridgehead atoms. The van der Waals surface area contributed by atoms with Gasteiger partial charge in [0.05, 0.1) is 18.2 Å². The summed E-state index contributed by atoms with van der Waals surface area (Å²) in [5.41, 5.74) is 0.560. The molecule has 0 aliphatic carbocycles. The first kappa shape index (κ1) is 24.7. The van der Waals surface area contributed by atoms with Gasteiger partial charge in [-0.25, -0.2) is 4.39 Å². The fourth-order valence-corrected chi connectivity index (χ4v) is 4.56. The van der Waals surface area contributed by atoms with Gasteiger partial charge in [0.1, 0.15) is 11.6 Å². The van der Waals surface area contributed by atoms with Crippen LogP contribution >= 0.6 is 0 Å². The number of carbonyl (C=O) groups excluding carboxylic acids is 1. The van der Waals surface area contributed by atoms with E-state index in [0.29, 0.717) is 42.9 Å². The number of nitrogens with zero attached hydrogens (tertiary/aromatic N) is 2. The number of methoxy groups -OCH3 is 1. The van der Waals surface area contributed by atoms with Crippen LogP contribution in [0.25, 0.3) is 0 Å². The van der Waals surface area contributed by atoms with Crippen LogP contribution in [0.5, 0.6) is 5.75 Å². The van der Waals surface area contributed by atoms with Crippen LogP contribution in [0.15, 0.2) is 72.8 Å². The van der Waals surface area contributed by atoms with Crippen molar-refractivity contribution in [2.24, 2.45) is 0 Å². The number of alkyl halides is 3. The van der Waals surface area contributed by atoms with Gasteiger partial charge in [0, 0.05) is 31.4 Å². The maximum Gasteiger partial charge on any atom is 0.416 e. The fourth-order valence-electron chi connectivity index (χ4n) is 4.56. The SMILES string of the molecule is COc1ccccc1C(=O)N(c1ccc(F)cc1)C1CCN(Cc2ccccc2C(F)(F)F)CC1. The highest BCUT2D eigenvalue weighted by molar-refractivity contribution is 6.08. The molecule has 0 saturated carbocycles. The Morgan fingerprint density at radius 2 is 1.60 bits per heavy atom. The van der Waals surface area contributed by atoms with Crippen LogP contribution in [0.4, 0.5) is 23.2 Å². The number of anilines is 1. The fraction of sp³-hybridized carbons (Fsp3) is 0.296. The first-order valence-corrected chi connectivity index (χ1v) is 11.4. The second kappa shape index (κ2) is 10.5. The molecule has 3 aromatic carbocycles. The van der Waals surface area contributed by atoms with E-state index in [4.69, 9.17) is 4.74 Å². The molecule has 0 spiro atoms. The topological polar surface area (TPSA) is 32.8 Å². The minimum Gasteiger partial charge on any atom is -0.496 e. The number of hydrogen-bond donors (Lipinski definition) is 0. The van der Waals surface area contributed by atoms with E-state index in [1.54, 1.807) is 47.4 Å². The van der Waals surface area contributed by atoms with Gasteiger partial charge in [-0.3, -0.25) is 9.69 Å². The van der Waals surface area contributed by atoms with Gasteiger partial charge in [-0.15, -0.1) is 0 Å². The molecule has 1 heterocycles. The van der Waals surface area contributed by atoms with E-state index in [-0.39, 0.29) is 24.1 Å². The molecule has 0 aromatic heterocycles. The molecule has 1 fully saturated rings. The summed E-state index contributed by atoms with van der Waals surface area (Å²) in [4.78, 5) is 17.3. The molecule has 184 valence electrons. The van der Waals surface area contributed by atoms with Crippen LogP contribution in [0.2, 0.25) is 0 Å². The molecule has 35 heavy (non-hydrogen) atoms. The molecule has 1 saturated heterocycles. The quantitative estimate of drug-likeness (QED) is 0.391. The molecule has 0 radical (unpaired) electrons. The number of halogens is 4. The summed E-state index contributed by atoms with van der Waals surface area (Å²) in [5, 5.41) is 0. The summed E-state index contributed by atoms with van der Waals surface area (Å²) in [7, 11) is 1.49. The smallest absolute Gasteiger partial charge is 0.416 e. The van der Waals surface area contributed by atoms with E-state index < -0.39 is 17.6 Å². The van der Waals surface area contributed by atoms with Crippen molar-refractivity contribution in [1.29, 1.82) is 0 Å². The van der Waals surface area contributed by atoms with Gasteiger partial charge in [-0.2, -0.15) is 13.2 Å². The number of amides is 1. The Morgan fingerprint density at radius 3 is 2.26 bits per heavy atom. The molecule has 1 aliphatic rings. The van der Waals surface area contributed by atoms with Crippen LogP contribution < -0.4 is 9.64 Å². The average molecular weight is 487 g/mol. The second-order valence-corrected chi connectivity index (χ2v) is 8.51. The molecule has 0 atom stereocenters. The number of rotatable bonds is 6. The molecule has 0 N–H and O–H groups in total. The Labute approximate surface area is 201 Å². The minimum absolute atomic E-state index is 0.180. The number of benzene rings is 3. The summed E-state index contributed by atoms with van der Waals surface area (Å²) >= 11 is 0. The van der Waals surface area contributed by atoms with Crippen LogP contribution in [-0.4, -0.2) is 37.0 Å². The number of piperidine rings is 1. The van der Waals surface area contributed by atoms with Crippen LogP contribution in [0.3, 0.4) is 0 Å². The largest absolute Gasteiger partial charge is 0.496 e. The Bertz CT molecular complexity index is 1160. The van der Waals surface area contributed by atoms with Crippen molar-refractivity contribution < 1.29 is 27.1 Å². The molecular weight excluding hydrogens is 460 g/mol. The third-order valence-corrected chi connectivity index (χ3v) is 6.30. The van der Waals surface area contributed by atoms with E-state index in [2.05, 4.69) is 0 Å². The summed E-state index contributed by atoms with van der Waals surface area (Å²) in [6, 6.07) is 18.1. The third kappa shape index (κ3) is 5.65. The van der Waals surface area contributed by atoms with Gasteiger partial charge in [0.2, 0.25) is 0 Å². The predicted octanol–water partition coefficient (Wildman–Crippen LogP) is 6.16. The van der Waals surface area contributed by atoms with E-state index in [9.17, 15) is 22.4 Å². The van der Waals surface area contributed by atoms with Crippen molar-refractivity contribution in [2.75, 3.05) is 25.1 Å². The lowest BCUT2D eigenvalue weighted by atomic mass is 9.99. The predicted molar refractivity (Wildman–Crippen MR) is 126 cm³/mol. The van der Waals surface area contributed by atoms with E-state index in [1.807, 2.05) is 4.90 Å². The Morgan fingerprint density at radius 1 is 0.971 bits per heavy atom. The second-order valence-electron chi connectivity index (χ2n) is 8.51. The molecule has 4 nitrogen and oxygen atoms in total. The van der Waals surface area contributed by atoms with Crippen molar-refractivity contribution in [1.82, 2.24) is 4.90 Å². The molecule has 1 amide bonds. The minimum atomic E-state index is -4.41. The zero-order valence-electron chi connectivity index (χ0n) is 19.3. The van der Waals surface area contributed by atoms with Crippen LogP contribution in [0.1, 0.15) is 34.3 Å². The van der Waals surface area contributed by atoms with Crippen molar-refractivity contribution >= 4 is 11.6 Å². The van der Waals surface area contributed by atoms with E-state index >= 15 is 0 Å². The zero-order chi connectivity index (χ0) is 25.0. The highest BCUT2D eigenvalue weighted by atomic mass is 19.4. The van der Waals surface area contributed by atoms with E-state index in [1.165, 1.54) is 31.4 Å². The van der Waals surface area contributed by atoms with Crippen molar-refractivity contribution in [3.8, 4) is 5.75 Å². The summed E-state index contributed by atoms with van der Waals surface area (Å²) in [5.74, 6) is -0.239. The molecule has 4 rings (SSSR count). The summed E-state index contributed by atoms with van der Waals surface area (Å²) in [6.45, 7) is 1.22. The maximum atomic E-state index is 13.7. The monoisotopic (exact) mass is 486 g/mol.